The molecule has 0 aromatic rings. The SMILES string of the molecule is F[B-](F)(F)F.[H+].[Nb]. The smallest absolute Gasteiger partial charge is 0.418 e. The van der Waals surface area contributed by atoms with Gasteiger partial charge in [-0.15, -0.1) is 0 Å². The van der Waals surface area contributed by atoms with Gasteiger partial charge in [0.25, 0.3) is 0 Å². The van der Waals surface area contributed by atoms with Crippen LogP contribution in [-0.4, -0.2) is 7.25 Å². The maximum Gasteiger partial charge on any atom is 1.00 e. The van der Waals surface area contributed by atoms with E-state index in [1.165, 1.54) is 0 Å². The molecular weight excluding hydrogens is 180 g/mol. The molecule has 37 valence electrons. The Bertz CT molecular complexity index is 27.2. The summed E-state index contributed by atoms with van der Waals surface area (Å²) < 4.78 is 39.0. The van der Waals surface area contributed by atoms with Crippen molar-refractivity contribution in [3.8, 4) is 0 Å². The van der Waals surface area contributed by atoms with Gasteiger partial charge in [0.1, 0.15) is 0 Å². The van der Waals surface area contributed by atoms with Crippen molar-refractivity contribution in [2.75, 3.05) is 0 Å². The number of hydrogen-bond donors (Lipinski definition) is 0. The van der Waals surface area contributed by atoms with Gasteiger partial charge in [0, 0.05) is 22.4 Å². The third-order valence-corrected chi connectivity index (χ3v) is 0. The summed E-state index contributed by atoms with van der Waals surface area (Å²) in [7, 11) is -6.00. The molecule has 6 heavy (non-hydrogen) atoms. The van der Waals surface area contributed by atoms with Crippen LogP contribution in [0.25, 0.3) is 0 Å². The molecule has 0 nitrogen and oxygen atoms in total. The molecule has 0 N–H and O–H groups in total. The average molecular weight is 181 g/mol. The van der Waals surface area contributed by atoms with E-state index in [-0.39, 0.29) is 23.8 Å². The van der Waals surface area contributed by atoms with Gasteiger partial charge in [-0.1, -0.05) is 0 Å². The van der Waals surface area contributed by atoms with E-state index in [0.29, 0.717) is 0 Å². The molecule has 6 heteroatoms. The van der Waals surface area contributed by atoms with Crippen molar-refractivity contribution in [1.82, 2.24) is 0 Å². The summed E-state index contributed by atoms with van der Waals surface area (Å²) in [6.07, 6.45) is 0. The van der Waals surface area contributed by atoms with Crippen LogP contribution in [0.4, 0.5) is 17.3 Å². The Kier molecular flexibility index (Phi) is 4.31. The van der Waals surface area contributed by atoms with E-state index in [1.54, 1.807) is 0 Å². The minimum absolute atomic E-state index is 0. The van der Waals surface area contributed by atoms with Crippen LogP contribution in [0.2, 0.25) is 0 Å². The summed E-state index contributed by atoms with van der Waals surface area (Å²) in [5.74, 6) is 0. The molecule has 0 amide bonds. The van der Waals surface area contributed by atoms with E-state index in [0.717, 1.165) is 0 Å². The van der Waals surface area contributed by atoms with E-state index in [9.17, 15) is 17.3 Å². The van der Waals surface area contributed by atoms with Crippen LogP contribution in [0, 0.1) is 0 Å². The molecule has 0 saturated heterocycles. The first kappa shape index (κ1) is 9.73. The molecule has 1 radical (unpaired) electrons. The molecule has 0 bridgehead atoms. The van der Waals surface area contributed by atoms with Crippen molar-refractivity contribution in [2.45, 2.75) is 0 Å². The summed E-state index contributed by atoms with van der Waals surface area (Å²) in [5, 5.41) is 0. The second kappa shape index (κ2) is 2.66. The summed E-state index contributed by atoms with van der Waals surface area (Å²) in [4.78, 5) is 0. The fourth-order valence-corrected chi connectivity index (χ4v) is 0. The maximum atomic E-state index is 9.75. The van der Waals surface area contributed by atoms with Gasteiger partial charge in [-0.3, -0.25) is 0 Å². The minimum Gasteiger partial charge on any atom is -0.418 e. The van der Waals surface area contributed by atoms with Gasteiger partial charge in [0.05, 0.1) is 0 Å². The first-order valence-corrected chi connectivity index (χ1v) is 0.873. The van der Waals surface area contributed by atoms with Crippen molar-refractivity contribution in [3.05, 3.63) is 0 Å². The van der Waals surface area contributed by atoms with E-state index < -0.39 is 7.25 Å². The Balaban J connectivity index is -0.0000000800. The molecule has 0 aliphatic heterocycles. The van der Waals surface area contributed by atoms with Crippen LogP contribution in [0.3, 0.4) is 0 Å². The zero-order valence-corrected chi connectivity index (χ0v) is 4.73. The van der Waals surface area contributed by atoms with Crippen LogP contribution in [0.5, 0.6) is 0 Å². The largest absolute Gasteiger partial charge is 1.00 e. The van der Waals surface area contributed by atoms with Crippen molar-refractivity contribution in [1.29, 1.82) is 0 Å². The molecule has 0 aliphatic carbocycles. The van der Waals surface area contributed by atoms with E-state index >= 15 is 0 Å². The molecule has 0 atom stereocenters. The topological polar surface area (TPSA) is 0 Å². The van der Waals surface area contributed by atoms with Crippen molar-refractivity contribution < 1.29 is 41.1 Å². The molecule has 0 rings (SSSR count). The van der Waals surface area contributed by atoms with Crippen molar-refractivity contribution in [3.63, 3.8) is 0 Å². The number of halogens is 4. The fraction of sp³-hybridized carbons (Fsp3) is 0. The Morgan fingerprint density at radius 1 is 1.00 bits per heavy atom. The third-order valence-electron chi connectivity index (χ3n) is 0. The summed E-state index contributed by atoms with van der Waals surface area (Å²) in [6.45, 7) is 0. The Hall–Kier alpha value is 0.525. The fourth-order valence-electron chi connectivity index (χ4n) is 0. The Morgan fingerprint density at radius 3 is 1.00 bits per heavy atom. The average Bonchev–Trinajstić information content (AvgIpc) is 0.722. The molecule has 0 aromatic heterocycles. The summed E-state index contributed by atoms with van der Waals surface area (Å²) in [5.41, 5.74) is 0. The van der Waals surface area contributed by atoms with Crippen LogP contribution in [0.1, 0.15) is 1.43 Å². The quantitative estimate of drug-likeness (QED) is 0.391. The predicted octanol–water partition coefficient (Wildman–Crippen LogP) is 1.41. The van der Waals surface area contributed by atoms with Crippen LogP contribution < -0.4 is 0 Å². The number of hydrogen-bond acceptors (Lipinski definition) is 0. The zero-order valence-electron chi connectivity index (χ0n) is 3.54. The summed E-state index contributed by atoms with van der Waals surface area (Å²) in [6, 6.07) is 0. The zero-order chi connectivity index (χ0) is 4.50. The molecule has 0 aliphatic rings. The Labute approximate surface area is 49.0 Å². The van der Waals surface area contributed by atoms with Gasteiger partial charge in [-0.25, -0.2) is 0 Å². The molecule has 0 saturated carbocycles. The van der Waals surface area contributed by atoms with Gasteiger partial charge in [0.15, 0.2) is 0 Å². The van der Waals surface area contributed by atoms with E-state index in [1.807, 2.05) is 0 Å². The molecule has 0 spiro atoms. The third kappa shape index (κ3) is 204. The normalized spacial score (nSPS) is 10.0. The van der Waals surface area contributed by atoms with Gasteiger partial charge in [-0.2, -0.15) is 0 Å². The second-order valence-corrected chi connectivity index (χ2v) is 0.495. The number of rotatable bonds is 0. The standard InChI is InChI=1S/BF4.Nb/c2-1(3,4)5;/q-1;/p+1. The molecule has 0 fully saturated rings. The maximum absolute atomic E-state index is 9.75. The Morgan fingerprint density at radius 2 is 1.00 bits per heavy atom. The van der Waals surface area contributed by atoms with Gasteiger partial charge in [-0.05, 0) is 0 Å². The van der Waals surface area contributed by atoms with Crippen molar-refractivity contribution >= 4 is 7.25 Å². The van der Waals surface area contributed by atoms with Crippen LogP contribution in [-0.2, 0) is 22.4 Å². The monoisotopic (exact) mass is 181 g/mol. The van der Waals surface area contributed by atoms with Crippen LogP contribution >= 0.6 is 0 Å². The van der Waals surface area contributed by atoms with E-state index in [4.69, 9.17) is 0 Å². The first-order chi connectivity index (χ1) is 2.00. The molecule has 0 unspecified atom stereocenters. The van der Waals surface area contributed by atoms with Gasteiger partial charge in [0.2, 0.25) is 0 Å². The van der Waals surface area contributed by atoms with Gasteiger partial charge < -0.3 is 17.3 Å². The van der Waals surface area contributed by atoms with Gasteiger partial charge >= 0.3 is 8.68 Å². The predicted molar refractivity (Wildman–Crippen MR) is 11.3 cm³/mol. The molecule has 0 heterocycles. The first-order valence-electron chi connectivity index (χ1n) is 0.873. The molecular formula is HBF4Nb. The van der Waals surface area contributed by atoms with Crippen molar-refractivity contribution in [2.24, 2.45) is 0 Å². The minimum atomic E-state index is -6.00. The molecule has 0 aromatic carbocycles. The van der Waals surface area contributed by atoms with E-state index in [2.05, 4.69) is 0 Å². The second-order valence-electron chi connectivity index (χ2n) is 0.495. The van der Waals surface area contributed by atoms with Crippen LogP contribution in [0.15, 0.2) is 0 Å². The summed E-state index contributed by atoms with van der Waals surface area (Å²) >= 11 is 0.